The highest BCUT2D eigenvalue weighted by Crippen LogP contribution is 2.26. The third-order valence-electron chi connectivity index (χ3n) is 3.72. The highest BCUT2D eigenvalue weighted by molar-refractivity contribution is 5.31. The van der Waals surface area contributed by atoms with Crippen molar-refractivity contribution < 1.29 is 19.0 Å². The Morgan fingerprint density at radius 3 is 2.80 bits per heavy atom. The summed E-state index contributed by atoms with van der Waals surface area (Å²) in [7, 11) is 1.42. The third-order valence-corrected chi connectivity index (χ3v) is 3.72. The SMILES string of the molecule is COc1ccc(C(O)C2CN(C(C)C)CCO2)cc1F. The van der Waals surface area contributed by atoms with E-state index in [1.165, 1.54) is 19.2 Å². The molecule has 0 spiro atoms. The summed E-state index contributed by atoms with van der Waals surface area (Å²) in [5.74, 6) is -0.296. The highest BCUT2D eigenvalue weighted by Gasteiger charge is 2.29. The molecule has 1 N–H and O–H groups in total. The lowest BCUT2D eigenvalue weighted by Gasteiger charge is -2.37. The molecule has 0 saturated carbocycles. The molecule has 0 bridgehead atoms. The molecule has 2 rings (SSSR count). The van der Waals surface area contributed by atoms with E-state index in [4.69, 9.17) is 9.47 Å². The van der Waals surface area contributed by atoms with Gasteiger partial charge < -0.3 is 14.6 Å². The quantitative estimate of drug-likeness (QED) is 0.917. The number of aliphatic hydroxyl groups is 1. The molecule has 1 aromatic carbocycles. The molecule has 2 atom stereocenters. The van der Waals surface area contributed by atoms with Gasteiger partial charge >= 0.3 is 0 Å². The van der Waals surface area contributed by atoms with Gasteiger partial charge in [0, 0.05) is 19.1 Å². The number of morpholine rings is 1. The van der Waals surface area contributed by atoms with Crippen LogP contribution in [0.3, 0.4) is 0 Å². The van der Waals surface area contributed by atoms with Gasteiger partial charge in [0.1, 0.15) is 12.2 Å². The average molecular weight is 283 g/mol. The molecule has 0 aliphatic carbocycles. The fraction of sp³-hybridized carbons (Fsp3) is 0.600. The predicted octanol–water partition coefficient (Wildman–Crippen LogP) is 1.98. The molecule has 112 valence electrons. The van der Waals surface area contributed by atoms with E-state index in [2.05, 4.69) is 18.7 Å². The van der Waals surface area contributed by atoms with E-state index in [1.807, 2.05) is 0 Å². The molecule has 5 heteroatoms. The van der Waals surface area contributed by atoms with Crippen LogP contribution in [0.25, 0.3) is 0 Å². The summed E-state index contributed by atoms with van der Waals surface area (Å²) in [6.45, 7) is 6.31. The Morgan fingerprint density at radius 1 is 1.45 bits per heavy atom. The Balaban J connectivity index is 2.10. The fourth-order valence-corrected chi connectivity index (χ4v) is 2.44. The zero-order valence-corrected chi connectivity index (χ0v) is 12.2. The number of nitrogens with zero attached hydrogens (tertiary/aromatic N) is 1. The van der Waals surface area contributed by atoms with Crippen LogP contribution in [0.5, 0.6) is 5.75 Å². The van der Waals surface area contributed by atoms with E-state index < -0.39 is 11.9 Å². The van der Waals surface area contributed by atoms with Crippen LogP contribution >= 0.6 is 0 Å². The molecular weight excluding hydrogens is 261 g/mol. The second-order valence-electron chi connectivity index (χ2n) is 5.34. The Labute approximate surface area is 119 Å². The summed E-state index contributed by atoms with van der Waals surface area (Å²) in [5, 5.41) is 10.4. The number of benzene rings is 1. The predicted molar refractivity (Wildman–Crippen MR) is 74.4 cm³/mol. The normalized spacial score (nSPS) is 22.0. The Hall–Kier alpha value is -1.17. The van der Waals surface area contributed by atoms with Crippen molar-refractivity contribution in [2.45, 2.75) is 32.1 Å². The summed E-state index contributed by atoms with van der Waals surface area (Å²) < 4.78 is 24.2. The van der Waals surface area contributed by atoms with Crippen LogP contribution in [-0.4, -0.2) is 49.0 Å². The van der Waals surface area contributed by atoms with Gasteiger partial charge in [-0.1, -0.05) is 6.07 Å². The lowest BCUT2D eigenvalue weighted by atomic mass is 10.0. The van der Waals surface area contributed by atoms with Crippen molar-refractivity contribution in [3.63, 3.8) is 0 Å². The number of methoxy groups -OCH3 is 1. The molecule has 20 heavy (non-hydrogen) atoms. The lowest BCUT2D eigenvalue weighted by molar-refractivity contribution is -0.0962. The van der Waals surface area contributed by atoms with Crippen molar-refractivity contribution in [1.82, 2.24) is 4.90 Å². The first-order valence-electron chi connectivity index (χ1n) is 6.90. The zero-order chi connectivity index (χ0) is 14.7. The van der Waals surface area contributed by atoms with Gasteiger partial charge in [-0.2, -0.15) is 0 Å². The number of rotatable bonds is 4. The number of aliphatic hydroxyl groups excluding tert-OH is 1. The molecule has 1 aliphatic heterocycles. The third kappa shape index (κ3) is 3.29. The van der Waals surface area contributed by atoms with Gasteiger partial charge in [0.15, 0.2) is 11.6 Å². The van der Waals surface area contributed by atoms with Gasteiger partial charge in [-0.25, -0.2) is 4.39 Å². The molecule has 0 aromatic heterocycles. The minimum Gasteiger partial charge on any atom is -0.494 e. The van der Waals surface area contributed by atoms with E-state index in [0.717, 1.165) is 6.54 Å². The zero-order valence-electron chi connectivity index (χ0n) is 12.2. The van der Waals surface area contributed by atoms with Gasteiger partial charge in [0.25, 0.3) is 0 Å². The largest absolute Gasteiger partial charge is 0.494 e. The van der Waals surface area contributed by atoms with E-state index in [0.29, 0.717) is 24.8 Å². The van der Waals surface area contributed by atoms with Crippen LogP contribution in [0, 0.1) is 5.82 Å². The average Bonchev–Trinajstić information content (AvgIpc) is 2.46. The summed E-state index contributed by atoms with van der Waals surface area (Å²) >= 11 is 0. The minimum absolute atomic E-state index is 0.175. The van der Waals surface area contributed by atoms with Crippen molar-refractivity contribution in [3.8, 4) is 5.75 Å². The first kappa shape index (κ1) is 15.2. The van der Waals surface area contributed by atoms with Gasteiger partial charge in [-0.15, -0.1) is 0 Å². The van der Waals surface area contributed by atoms with Gasteiger partial charge in [0.05, 0.1) is 13.7 Å². The van der Waals surface area contributed by atoms with Crippen LogP contribution in [0.4, 0.5) is 4.39 Å². The van der Waals surface area contributed by atoms with E-state index in [1.54, 1.807) is 6.07 Å². The van der Waals surface area contributed by atoms with Gasteiger partial charge in [-0.3, -0.25) is 4.90 Å². The molecule has 0 radical (unpaired) electrons. The molecule has 4 nitrogen and oxygen atoms in total. The molecule has 1 heterocycles. The Bertz CT molecular complexity index is 453. The van der Waals surface area contributed by atoms with Crippen molar-refractivity contribution in [1.29, 1.82) is 0 Å². The summed E-state index contributed by atoms with van der Waals surface area (Å²) in [6.07, 6.45) is -1.17. The molecule has 1 aromatic rings. The minimum atomic E-state index is -0.836. The topological polar surface area (TPSA) is 41.9 Å². The molecule has 1 saturated heterocycles. The number of ether oxygens (including phenoxy) is 2. The maximum Gasteiger partial charge on any atom is 0.165 e. The second kappa shape index (κ2) is 6.52. The second-order valence-corrected chi connectivity index (χ2v) is 5.34. The molecule has 1 fully saturated rings. The van der Waals surface area contributed by atoms with Gasteiger partial charge in [-0.05, 0) is 31.5 Å². The summed E-state index contributed by atoms with van der Waals surface area (Å²) in [5.41, 5.74) is 0.513. The van der Waals surface area contributed by atoms with Crippen LogP contribution in [0.2, 0.25) is 0 Å². The van der Waals surface area contributed by atoms with E-state index in [9.17, 15) is 9.50 Å². The number of halogens is 1. The fourth-order valence-electron chi connectivity index (χ4n) is 2.44. The monoisotopic (exact) mass is 283 g/mol. The molecule has 0 amide bonds. The van der Waals surface area contributed by atoms with Crippen LogP contribution in [0.15, 0.2) is 18.2 Å². The maximum absolute atomic E-state index is 13.7. The van der Waals surface area contributed by atoms with E-state index in [-0.39, 0.29) is 11.9 Å². The van der Waals surface area contributed by atoms with Crippen molar-refractivity contribution in [3.05, 3.63) is 29.6 Å². The van der Waals surface area contributed by atoms with Crippen molar-refractivity contribution >= 4 is 0 Å². The molecular formula is C15H22FNO3. The van der Waals surface area contributed by atoms with Crippen LogP contribution in [0.1, 0.15) is 25.5 Å². The number of hydrogen-bond acceptors (Lipinski definition) is 4. The maximum atomic E-state index is 13.7. The highest BCUT2D eigenvalue weighted by atomic mass is 19.1. The van der Waals surface area contributed by atoms with Crippen LogP contribution in [-0.2, 0) is 4.74 Å². The first-order chi connectivity index (χ1) is 9.52. The standard InChI is InChI=1S/C15H22FNO3/c1-10(2)17-6-7-20-14(9-17)15(18)11-4-5-13(19-3)12(16)8-11/h4-5,8,10,14-15,18H,6-7,9H2,1-3H3. The van der Waals surface area contributed by atoms with Crippen molar-refractivity contribution in [2.75, 3.05) is 26.8 Å². The smallest absolute Gasteiger partial charge is 0.165 e. The first-order valence-corrected chi connectivity index (χ1v) is 6.90. The summed E-state index contributed by atoms with van der Waals surface area (Å²) in [6, 6.07) is 4.91. The Kier molecular flexibility index (Phi) is 4.96. The molecule has 2 unspecified atom stereocenters. The number of hydrogen-bond donors (Lipinski definition) is 1. The lowest BCUT2D eigenvalue weighted by Crippen LogP contribution is -2.47. The Morgan fingerprint density at radius 2 is 2.20 bits per heavy atom. The van der Waals surface area contributed by atoms with Crippen molar-refractivity contribution in [2.24, 2.45) is 0 Å². The van der Waals surface area contributed by atoms with Crippen LogP contribution < -0.4 is 4.74 Å². The van der Waals surface area contributed by atoms with Gasteiger partial charge in [0.2, 0.25) is 0 Å². The summed E-state index contributed by atoms with van der Waals surface area (Å²) in [4.78, 5) is 2.25. The molecule has 1 aliphatic rings. The van der Waals surface area contributed by atoms with E-state index >= 15 is 0 Å².